The predicted molar refractivity (Wildman–Crippen MR) is 29.3 cm³/mol. The minimum absolute atomic E-state index is 0.132. The summed E-state index contributed by atoms with van der Waals surface area (Å²) in [5.74, 6) is 0. The van der Waals surface area contributed by atoms with Crippen molar-refractivity contribution >= 4 is 6.47 Å². The van der Waals surface area contributed by atoms with Crippen molar-refractivity contribution in [2.24, 2.45) is 0 Å². The van der Waals surface area contributed by atoms with E-state index in [0.717, 1.165) is 12.8 Å². The lowest BCUT2D eigenvalue weighted by Gasteiger charge is -2.03. The summed E-state index contributed by atoms with van der Waals surface area (Å²) in [4.78, 5) is 9.71. The van der Waals surface area contributed by atoms with Gasteiger partial charge in [-0.3, -0.25) is 4.79 Å². The van der Waals surface area contributed by atoms with E-state index in [0.29, 0.717) is 6.47 Å². The number of carbonyl (C=O) groups is 1. The molecule has 8 heavy (non-hydrogen) atoms. The number of hydrogen-bond acceptors (Lipinski definition) is 2. The lowest BCUT2D eigenvalue weighted by Crippen LogP contribution is -2.05. The Morgan fingerprint density at radius 1 is 1.50 bits per heavy atom. The normalized spacial score (nSPS) is 19.0. The van der Waals surface area contributed by atoms with Crippen LogP contribution in [-0.2, 0) is 9.53 Å². The van der Waals surface area contributed by atoms with Crippen LogP contribution in [0, 0.1) is 0 Å². The van der Waals surface area contributed by atoms with E-state index in [1.807, 2.05) is 12.2 Å². The smallest absolute Gasteiger partial charge is 0.293 e. The standard InChI is InChI=1S/C6H8O2/c7-5-8-6-3-1-2-4-6/h1-2,5-6H,3-4H2. The first-order valence-electron chi connectivity index (χ1n) is 2.67. The maximum Gasteiger partial charge on any atom is 0.293 e. The van der Waals surface area contributed by atoms with Crippen molar-refractivity contribution in [1.82, 2.24) is 0 Å². The zero-order valence-electron chi connectivity index (χ0n) is 4.54. The zero-order valence-corrected chi connectivity index (χ0v) is 4.54. The highest BCUT2D eigenvalue weighted by atomic mass is 16.5. The molecule has 1 aliphatic rings. The Morgan fingerprint density at radius 2 is 2.12 bits per heavy atom. The quantitative estimate of drug-likeness (QED) is 0.391. The van der Waals surface area contributed by atoms with Gasteiger partial charge in [0.25, 0.3) is 6.47 Å². The second-order valence-corrected chi connectivity index (χ2v) is 1.80. The molecule has 0 aromatic heterocycles. The number of hydrogen-bond donors (Lipinski definition) is 0. The van der Waals surface area contributed by atoms with Crippen molar-refractivity contribution in [2.45, 2.75) is 18.9 Å². The first kappa shape index (κ1) is 5.35. The summed E-state index contributed by atoms with van der Waals surface area (Å²) >= 11 is 0. The number of carbonyl (C=O) groups excluding carboxylic acids is 1. The van der Waals surface area contributed by atoms with Crippen LogP contribution < -0.4 is 0 Å². The Morgan fingerprint density at radius 3 is 2.62 bits per heavy atom. The molecular formula is C6H8O2. The van der Waals surface area contributed by atoms with Crippen LogP contribution in [0.25, 0.3) is 0 Å². The minimum Gasteiger partial charge on any atom is -0.464 e. The van der Waals surface area contributed by atoms with Crippen LogP contribution in [0.3, 0.4) is 0 Å². The molecule has 0 bridgehead atoms. The third-order valence-electron chi connectivity index (χ3n) is 1.21. The third kappa shape index (κ3) is 1.09. The molecule has 0 aromatic rings. The highest BCUT2D eigenvalue weighted by Gasteiger charge is 2.08. The first-order chi connectivity index (χ1) is 3.93. The first-order valence-corrected chi connectivity index (χ1v) is 2.67. The van der Waals surface area contributed by atoms with E-state index < -0.39 is 0 Å². The number of rotatable bonds is 2. The Labute approximate surface area is 48.1 Å². The molecular weight excluding hydrogens is 104 g/mol. The minimum atomic E-state index is 0.132. The Balaban J connectivity index is 2.19. The van der Waals surface area contributed by atoms with Gasteiger partial charge in [-0.2, -0.15) is 0 Å². The molecule has 0 aromatic carbocycles. The molecule has 2 heteroatoms. The van der Waals surface area contributed by atoms with Crippen molar-refractivity contribution in [1.29, 1.82) is 0 Å². The van der Waals surface area contributed by atoms with E-state index >= 15 is 0 Å². The highest BCUT2D eigenvalue weighted by Crippen LogP contribution is 2.11. The van der Waals surface area contributed by atoms with Gasteiger partial charge in [0, 0.05) is 12.8 Å². The maximum absolute atomic E-state index is 9.71. The van der Waals surface area contributed by atoms with Crippen LogP contribution >= 0.6 is 0 Å². The van der Waals surface area contributed by atoms with Gasteiger partial charge in [0.05, 0.1) is 0 Å². The van der Waals surface area contributed by atoms with Gasteiger partial charge < -0.3 is 4.74 Å². The molecule has 0 unspecified atom stereocenters. The Kier molecular flexibility index (Phi) is 1.67. The average molecular weight is 112 g/mol. The molecule has 0 heterocycles. The van der Waals surface area contributed by atoms with Gasteiger partial charge in [-0.25, -0.2) is 0 Å². The fourth-order valence-electron chi connectivity index (χ4n) is 0.782. The van der Waals surface area contributed by atoms with E-state index in [4.69, 9.17) is 0 Å². The number of ether oxygens (including phenoxy) is 1. The summed E-state index contributed by atoms with van der Waals surface area (Å²) in [5, 5.41) is 0. The van der Waals surface area contributed by atoms with Crippen LogP contribution in [0.4, 0.5) is 0 Å². The fraction of sp³-hybridized carbons (Fsp3) is 0.500. The molecule has 1 aliphatic carbocycles. The lowest BCUT2D eigenvalue weighted by molar-refractivity contribution is -0.132. The summed E-state index contributed by atoms with van der Waals surface area (Å²) in [5.41, 5.74) is 0. The topological polar surface area (TPSA) is 26.3 Å². The molecule has 0 amide bonds. The maximum atomic E-state index is 9.71. The van der Waals surface area contributed by atoms with Crippen LogP contribution in [0.1, 0.15) is 12.8 Å². The lowest BCUT2D eigenvalue weighted by atomic mass is 10.3. The zero-order chi connectivity index (χ0) is 5.82. The van der Waals surface area contributed by atoms with E-state index in [1.165, 1.54) is 0 Å². The third-order valence-corrected chi connectivity index (χ3v) is 1.21. The van der Waals surface area contributed by atoms with Crippen LogP contribution in [-0.4, -0.2) is 12.6 Å². The van der Waals surface area contributed by atoms with Crippen molar-refractivity contribution < 1.29 is 9.53 Å². The molecule has 0 N–H and O–H groups in total. The molecule has 0 fully saturated rings. The highest BCUT2D eigenvalue weighted by molar-refractivity contribution is 5.37. The molecule has 0 spiro atoms. The summed E-state index contributed by atoms with van der Waals surface area (Å²) in [6.07, 6.45) is 5.95. The van der Waals surface area contributed by atoms with Crippen LogP contribution in [0.2, 0.25) is 0 Å². The van der Waals surface area contributed by atoms with Gasteiger partial charge in [-0.05, 0) is 0 Å². The molecule has 44 valence electrons. The fourth-order valence-corrected chi connectivity index (χ4v) is 0.782. The van der Waals surface area contributed by atoms with E-state index in [-0.39, 0.29) is 6.10 Å². The molecule has 0 atom stereocenters. The molecule has 0 aliphatic heterocycles. The van der Waals surface area contributed by atoms with E-state index in [9.17, 15) is 4.79 Å². The van der Waals surface area contributed by atoms with Crippen LogP contribution in [0.5, 0.6) is 0 Å². The van der Waals surface area contributed by atoms with Crippen LogP contribution in [0.15, 0.2) is 12.2 Å². The van der Waals surface area contributed by atoms with Crippen molar-refractivity contribution in [3.8, 4) is 0 Å². The molecule has 2 nitrogen and oxygen atoms in total. The van der Waals surface area contributed by atoms with Crippen molar-refractivity contribution in [3.05, 3.63) is 12.2 Å². The molecule has 0 radical (unpaired) electrons. The predicted octanol–water partition coefficient (Wildman–Crippen LogP) is 0.878. The SMILES string of the molecule is O=COC1CC=CC1. The summed E-state index contributed by atoms with van der Waals surface area (Å²) in [7, 11) is 0. The van der Waals surface area contributed by atoms with Crippen molar-refractivity contribution in [2.75, 3.05) is 0 Å². The van der Waals surface area contributed by atoms with Gasteiger partial charge in [-0.15, -0.1) is 0 Å². The summed E-state index contributed by atoms with van der Waals surface area (Å²) in [6.45, 7) is 0.512. The van der Waals surface area contributed by atoms with Gasteiger partial charge in [-0.1, -0.05) is 12.2 Å². The van der Waals surface area contributed by atoms with E-state index in [2.05, 4.69) is 4.74 Å². The van der Waals surface area contributed by atoms with Gasteiger partial charge in [0.2, 0.25) is 0 Å². The summed E-state index contributed by atoms with van der Waals surface area (Å²) in [6, 6.07) is 0. The van der Waals surface area contributed by atoms with Gasteiger partial charge in [0.15, 0.2) is 0 Å². The second kappa shape index (κ2) is 2.50. The Hall–Kier alpha value is -0.790. The van der Waals surface area contributed by atoms with Crippen molar-refractivity contribution in [3.63, 3.8) is 0 Å². The van der Waals surface area contributed by atoms with E-state index in [1.54, 1.807) is 0 Å². The second-order valence-electron chi connectivity index (χ2n) is 1.80. The monoisotopic (exact) mass is 112 g/mol. The van der Waals surface area contributed by atoms with Gasteiger partial charge in [0.1, 0.15) is 6.10 Å². The average Bonchev–Trinajstić information content (AvgIpc) is 2.19. The Bertz CT molecular complexity index is 99.1. The molecule has 0 saturated carbocycles. The summed E-state index contributed by atoms with van der Waals surface area (Å²) < 4.78 is 4.66. The molecule has 1 rings (SSSR count). The van der Waals surface area contributed by atoms with Gasteiger partial charge >= 0.3 is 0 Å². The largest absolute Gasteiger partial charge is 0.464 e. The molecule has 0 saturated heterocycles.